The highest BCUT2D eigenvalue weighted by Crippen LogP contribution is 2.33. The molecule has 3 N–H and O–H groups in total. The second-order valence-corrected chi connectivity index (χ2v) is 7.62. The molecule has 0 saturated heterocycles. The highest BCUT2D eigenvalue weighted by atomic mass is 32.2. The third kappa shape index (κ3) is 2.53. The summed E-state index contributed by atoms with van der Waals surface area (Å²) in [5.74, 6) is 7.63. The van der Waals surface area contributed by atoms with Crippen LogP contribution >= 0.6 is 23.1 Å². The summed E-state index contributed by atoms with van der Waals surface area (Å²) in [6.07, 6.45) is 4.41. The van der Waals surface area contributed by atoms with Gasteiger partial charge < -0.3 is 10.8 Å². The number of H-pyrrole nitrogens is 1. The van der Waals surface area contributed by atoms with Gasteiger partial charge in [-0.15, -0.1) is 21.5 Å². The van der Waals surface area contributed by atoms with Crippen molar-refractivity contribution in [3.63, 3.8) is 0 Å². The van der Waals surface area contributed by atoms with Gasteiger partial charge in [-0.25, -0.2) is 9.66 Å². The Kier molecular flexibility index (Phi) is 3.61. The quantitative estimate of drug-likeness (QED) is 0.552. The number of hydrogen-bond donors (Lipinski definition) is 2. The number of nitrogens with two attached hydrogens (primary N) is 1. The van der Waals surface area contributed by atoms with E-state index in [1.165, 1.54) is 33.3 Å². The van der Waals surface area contributed by atoms with Crippen molar-refractivity contribution in [2.45, 2.75) is 43.5 Å². The summed E-state index contributed by atoms with van der Waals surface area (Å²) in [6.45, 7) is 1.79. The van der Waals surface area contributed by atoms with Gasteiger partial charge in [-0.05, 0) is 38.2 Å². The summed E-state index contributed by atoms with van der Waals surface area (Å²) in [4.78, 5) is 22.2. The monoisotopic (exact) mass is 348 g/mol. The number of fused-ring (bicyclic) bond motifs is 3. The maximum Gasteiger partial charge on any atom is 0.259 e. The van der Waals surface area contributed by atoms with Gasteiger partial charge in [0, 0.05) is 4.88 Å². The number of aromatic amines is 1. The molecule has 9 heteroatoms. The van der Waals surface area contributed by atoms with Crippen LogP contribution < -0.4 is 11.4 Å². The SMILES string of the molecule is Cc1nnc(SCc2nc3sc4c(c3c(=O)[nH]2)CCCC4)n1N. The van der Waals surface area contributed by atoms with E-state index in [1.54, 1.807) is 18.3 Å². The van der Waals surface area contributed by atoms with Crippen molar-refractivity contribution in [1.29, 1.82) is 0 Å². The molecule has 0 aliphatic heterocycles. The van der Waals surface area contributed by atoms with Crippen LogP contribution in [0.4, 0.5) is 0 Å². The number of thioether (sulfide) groups is 1. The molecule has 23 heavy (non-hydrogen) atoms. The lowest BCUT2D eigenvalue weighted by Crippen LogP contribution is -2.13. The van der Waals surface area contributed by atoms with Gasteiger partial charge in [0.2, 0.25) is 5.16 Å². The normalized spacial score (nSPS) is 14.3. The topological polar surface area (TPSA) is 102 Å². The van der Waals surface area contributed by atoms with Crippen molar-refractivity contribution < 1.29 is 0 Å². The number of nitrogen functional groups attached to an aromatic ring is 1. The van der Waals surface area contributed by atoms with Crippen LogP contribution in [0.3, 0.4) is 0 Å². The third-order valence-electron chi connectivity index (χ3n) is 4.05. The first-order valence-corrected chi connectivity index (χ1v) is 9.27. The summed E-state index contributed by atoms with van der Waals surface area (Å²) in [5, 5.41) is 9.31. The Hall–Kier alpha value is -1.87. The first-order chi connectivity index (χ1) is 11.1. The maximum absolute atomic E-state index is 12.5. The van der Waals surface area contributed by atoms with E-state index in [4.69, 9.17) is 5.84 Å². The van der Waals surface area contributed by atoms with Crippen LogP contribution in [0.1, 0.15) is 34.9 Å². The van der Waals surface area contributed by atoms with Crippen LogP contribution in [0, 0.1) is 6.92 Å². The Balaban J connectivity index is 1.66. The fraction of sp³-hybridized carbons (Fsp3) is 0.429. The lowest BCUT2D eigenvalue weighted by Gasteiger charge is -2.09. The minimum atomic E-state index is -0.0320. The average molecular weight is 348 g/mol. The maximum atomic E-state index is 12.5. The van der Waals surface area contributed by atoms with Gasteiger partial charge >= 0.3 is 0 Å². The van der Waals surface area contributed by atoms with Crippen molar-refractivity contribution in [3.8, 4) is 0 Å². The van der Waals surface area contributed by atoms with E-state index in [9.17, 15) is 4.79 Å². The number of nitrogens with one attached hydrogen (secondary N) is 1. The number of aryl methyl sites for hydroxylation is 3. The van der Waals surface area contributed by atoms with E-state index in [2.05, 4.69) is 20.2 Å². The van der Waals surface area contributed by atoms with Crippen LogP contribution in [0.15, 0.2) is 9.95 Å². The smallest absolute Gasteiger partial charge is 0.259 e. The van der Waals surface area contributed by atoms with E-state index in [0.29, 0.717) is 22.6 Å². The van der Waals surface area contributed by atoms with Crippen LogP contribution in [0.2, 0.25) is 0 Å². The minimum absolute atomic E-state index is 0.0320. The first-order valence-electron chi connectivity index (χ1n) is 7.47. The Labute approximate surface area is 140 Å². The summed E-state index contributed by atoms with van der Waals surface area (Å²) in [7, 11) is 0. The molecule has 7 nitrogen and oxygen atoms in total. The molecule has 120 valence electrons. The predicted octanol–water partition coefficient (Wildman–Crippen LogP) is 1.77. The Morgan fingerprint density at radius 1 is 1.35 bits per heavy atom. The molecule has 0 saturated carbocycles. The molecule has 3 aromatic heterocycles. The van der Waals surface area contributed by atoms with E-state index in [1.807, 2.05) is 0 Å². The summed E-state index contributed by atoms with van der Waals surface area (Å²) in [5.41, 5.74) is 1.18. The Morgan fingerprint density at radius 3 is 2.96 bits per heavy atom. The van der Waals surface area contributed by atoms with Gasteiger partial charge in [-0.1, -0.05) is 11.8 Å². The molecule has 0 amide bonds. The first kappa shape index (κ1) is 14.7. The zero-order valence-corrected chi connectivity index (χ0v) is 14.3. The molecule has 0 aromatic carbocycles. The zero-order valence-electron chi connectivity index (χ0n) is 12.6. The molecule has 0 fully saturated rings. The molecule has 3 aromatic rings. The number of hydrogen-bond acceptors (Lipinski definition) is 7. The van der Waals surface area contributed by atoms with E-state index in [-0.39, 0.29) is 5.56 Å². The van der Waals surface area contributed by atoms with Crippen molar-refractivity contribution in [2.24, 2.45) is 0 Å². The van der Waals surface area contributed by atoms with Gasteiger partial charge in [0.05, 0.1) is 11.1 Å². The molecule has 0 bridgehead atoms. The van der Waals surface area contributed by atoms with E-state index in [0.717, 1.165) is 29.5 Å². The highest BCUT2D eigenvalue weighted by molar-refractivity contribution is 7.98. The second-order valence-electron chi connectivity index (χ2n) is 5.59. The molecular formula is C14H16N6OS2. The molecule has 0 spiro atoms. The lowest BCUT2D eigenvalue weighted by atomic mass is 9.97. The zero-order chi connectivity index (χ0) is 16.0. The molecule has 1 aliphatic rings. The van der Waals surface area contributed by atoms with Crippen LogP contribution in [0.5, 0.6) is 0 Å². The average Bonchev–Trinajstić information content (AvgIpc) is 3.07. The number of thiophene rings is 1. The number of aromatic nitrogens is 5. The van der Waals surface area contributed by atoms with Crippen molar-refractivity contribution in [3.05, 3.63) is 32.4 Å². The van der Waals surface area contributed by atoms with Crippen LogP contribution in [-0.2, 0) is 18.6 Å². The van der Waals surface area contributed by atoms with Crippen LogP contribution in [-0.4, -0.2) is 24.8 Å². The Bertz CT molecular complexity index is 941. The van der Waals surface area contributed by atoms with Gasteiger partial charge in [0.15, 0.2) is 0 Å². The van der Waals surface area contributed by atoms with Crippen molar-refractivity contribution in [2.75, 3.05) is 5.84 Å². The van der Waals surface area contributed by atoms with E-state index >= 15 is 0 Å². The minimum Gasteiger partial charge on any atom is -0.336 e. The summed E-state index contributed by atoms with van der Waals surface area (Å²) >= 11 is 3.07. The van der Waals surface area contributed by atoms with Gasteiger partial charge in [0.1, 0.15) is 16.5 Å². The van der Waals surface area contributed by atoms with Gasteiger partial charge in [0.25, 0.3) is 5.56 Å². The van der Waals surface area contributed by atoms with Crippen LogP contribution in [0.25, 0.3) is 10.2 Å². The fourth-order valence-corrected chi connectivity index (χ4v) is 4.91. The fourth-order valence-electron chi connectivity index (χ4n) is 2.86. The van der Waals surface area contributed by atoms with Gasteiger partial charge in [-0.3, -0.25) is 4.79 Å². The predicted molar refractivity (Wildman–Crippen MR) is 91.4 cm³/mol. The van der Waals surface area contributed by atoms with Gasteiger partial charge in [-0.2, -0.15) is 0 Å². The second kappa shape index (κ2) is 5.64. The molecule has 0 radical (unpaired) electrons. The highest BCUT2D eigenvalue weighted by Gasteiger charge is 2.20. The Morgan fingerprint density at radius 2 is 2.17 bits per heavy atom. The van der Waals surface area contributed by atoms with E-state index < -0.39 is 0 Å². The summed E-state index contributed by atoms with van der Waals surface area (Å²) in [6, 6.07) is 0. The molecule has 0 unspecified atom stereocenters. The lowest BCUT2D eigenvalue weighted by molar-refractivity contribution is 0.700. The third-order valence-corrected chi connectivity index (χ3v) is 6.19. The molecular weight excluding hydrogens is 332 g/mol. The van der Waals surface area contributed by atoms with Crippen molar-refractivity contribution in [1.82, 2.24) is 24.8 Å². The molecule has 4 rings (SSSR count). The molecule has 3 heterocycles. The summed E-state index contributed by atoms with van der Waals surface area (Å²) < 4.78 is 1.44. The molecule has 0 atom stereocenters. The number of rotatable bonds is 3. The largest absolute Gasteiger partial charge is 0.336 e. The number of nitrogens with zero attached hydrogens (tertiary/aromatic N) is 4. The standard InChI is InChI=1S/C14H16N6OS2/c1-7-18-19-14(20(7)15)22-6-10-16-12(21)11-8-4-2-3-5-9(8)23-13(11)17-10/h2-6,15H2,1H3,(H,16,17,21). The molecule has 1 aliphatic carbocycles. The van der Waals surface area contributed by atoms with Crippen molar-refractivity contribution >= 4 is 33.3 Å².